The maximum Gasteiger partial charge on any atom is 0.243 e. The van der Waals surface area contributed by atoms with E-state index in [1.54, 1.807) is 30.4 Å². The van der Waals surface area contributed by atoms with Crippen molar-refractivity contribution in [1.29, 1.82) is 0 Å². The molecule has 0 aliphatic rings. The van der Waals surface area contributed by atoms with Crippen molar-refractivity contribution in [3.63, 3.8) is 0 Å². The van der Waals surface area contributed by atoms with Crippen LogP contribution in [-0.4, -0.2) is 29.2 Å². The molecule has 1 aromatic heterocycles. The molecule has 0 spiro atoms. The van der Waals surface area contributed by atoms with Crippen LogP contribution in [0, 0.1) is 0 Å². The van der Waals surface area contributed by atoms with Gasteiger partial charge in [-0.1, -0.05) is 6.07 Å². The molecule has 2 atom stereocenters. The SMILES string of the molecule is CCOc1ccc([C@@H](C)NC(=O)[C@@H](C)n2ccnc2)cc1OC. The molecule has 2 aromatic rings. The fourth-order valence-electron chi connectivity index (χ4n) is 2.28. The van der Waals surface area contributed by atoms with Gasteiger partial charge in [-0.05, 0) is 38.5 Å². The highest BCUT2D eigenvalue weighted by Crippen LogP contribution is 2.30. The number of benzene rings is 1. The molecule has 0 aliphatic heterocycles. The van der Waals surface area contributed by atoms with E-state index in [2.05, 4.69) is 10.3 Å². The van der Waals surface area contributed by atoms with Crippen LogP contribution in [0.4, 0.5) is 0 Å². The molecule has 0 saturated carbocycles. The zero-order valence-corrected chi connectivity index (χ0v) is 13.9. The van der Waals surface area contributed by atoms with Crippen molar-refractivity contribution in [1.82, 2.24) is 14.9 Å². The number of imidazole rings is 1. The van der Waals surface area contributed by atoms with Crippen molar-refractivity contribution in [2.45, 2.75) is 32.9 Å². The Kier molecular flexibility index (Phi) is 5.62. The van der Waals surface area contributed by atoms with Crippen molar-refractivity contribution in [2.24, 2.45) is 0 Å². The monoisotopic (exact) mass is 317 g/mol. The Morgan fingerprint density at radius 1 is 1.35 bits per heavy atom. The normalized spacial score (nSPS) is 13.2. The van der Waals surface area contributed by atoms with E-state index < -0.39 is 0 Å². The first-order valence-electron chi connectivity index (χ1n) is 7.65. The van der Waals surface area contributed by atoms with Gasteiger partial charge in [0.1, 0.15) is 6.04 Å². The third kappa shape index (κ3) is 4.03. The van der Waals surface area contributed by atoms with Crippen molar-refractivity contribution >= 4 is 5.91 Å². The van der Waals surface area contributed by atoms with Gasteiger partial charge in [-0.3, -0.25) is 4.79 Å². The van der Waals surface area contributed by atoms with Crippen LogP contribution in [0.3, 0.4) is 0 Å². The first-order chi connectivity index (χ1) is 11.1. The smallest absolute Gasteiger partial charge is 0.243 e. The van der Waals surface area contributed by atoms with Crippen molar-refractivity contribution in [3.05, 3.63) is 42.5 Å². The van der Waals surface area contributed by atoms with Crippen LogP contribution < -0.4 is 14.8 Å². The third-order valence-electron chi connectivity index (χ3n) is 3.70. The van der Waals surface area contributed by atoms with Gasteiger partial charge in [0.05, 0.1) is 26.1 Å². The van der Waals surface area contributed by atoms with Gasteiger partial charge in [-0.25, -0.2) is 4.98 Å². The minimum absolute atomic E-state index is 0.0663. The Hall–Kier alpha value is -2.50. The van der Waals surface area contributed by atoms with Gasteiger partial charge in [0.15, 0.2) is 11.5 Å². The zero-order valence-electron chi connectivity index (χ0n) is 13.9. The fourth-order valence-corrected chi connectivity index (χ4v) is 2.28. The molecule has 1 heterocycles. The highest BCUT2D eigenvalue weighted by molar-refractivity contribution is 5.80. The van der Waals surface area contributed by atoms with E-state index >= 15 is 0 Å². The molecule has 1 N–H and O–H groups in total. The summed E-state index contributed by atoms with van der Waals surface area (Å²) in [5.41, 5.74) is 0.955. The summed E-state index contributed by atoms with van der Waals surface area (Å²) in [6, 6.07) is 5.22. The van der Waals surface area contributed by atoms with Gasteiger partial charge in [-0.15, -0.1) is 0 Å². The predicted molar refractivity (Wildman–Crippen MR) is 87.7 cm³/mol. The number of hydrogen-bond donors (Lipinski definition) is 1. The van der Waals surface area contributed by atoms with Crippen molar-refractivity contribution in [3.8, 4) is 11.5 Å². The summed E-state index contributed by atoms with van der Waals surface area (Å²) in [6.45, 7) is 6.27. The lowest BCUT2D eigenvalue weighted by Crippen LogP contribution is -2.32. The van der Waals surface area contributed by atoms with Gasteiger partial charge in [0.25, 0.3) is 0 Å². The molecule has 0 unspecified atom stereocenters. The molecule has 1 aromatic carbocycles. The van der Waals surface area contributed by atoms with E-state index in [1.165, 1.54) is 0 Å². The van der Waals surface area contributed by atoms with Gasteiger partial charge in [-0.2, -0.15) is 0 Å². The molecule has 0 saturated heterocycles. The average Bonchev–Trinajstić information content (AvgIpc) is 3.09. The topological polar surface area (TPSA) is 65.4 Å². The second-order valence-corrected chi connectivity index (χ2v) is 5.26. The van der Waals surface area contributed by atoms with Crippen LogP contribution in [0.15, 0.2) is 36.9 Å². The minimum Gasteiger partial charge on any atom is -0.493 e. The lowest BCUT2D eigenvalue weighted by molar-refractivity contribution is -0.124. The summed E-state index contributed by atoms with van der Waals surface area (Å²) in [6.07, 6.45) is 5.06. The number of aromatic nitrogens is 2. The van der Waals surface area contributed by atoms with E-state index in [1.807, 2.05) is 39.0 Å². The van der Waals surface area contributed by atoms with Crippen LogP contribution in [0.1, 0.15) is 38.4 Å². The summed E-state index contributed by atoms with van der Waals surface area (Å²) < 4.78 is 12.6. The lowest BCUT2D eigenvalue weighted by atomic mass is 10.1. The molecular formula is C17H23N3O3. The average molecular weight is 317 g/mol. The Morgan fingerprint density at radius 3 is 2.74 bits per heavy atom. The van der Waals surface area contributed by atoms with E-state index in [0.29, 0.717) is 18.1 Å². The summed E-state index contributed by atoms with van der Waals surface area (Å²) in [4.78, 5) is 16.3. The van der Waals surface area contributed by atoms with Crippen LogP contribution in [0.2, 0.25) is 0 Å². The van der Waals surface area contributed by atoms with Gasteiger partial charge < -0.3 is 19.4 Å². The Bertz CT molecular complexity index is 641. The summed E-state index contributed by atoms with van der Waals surface area (Å²) >= 11 is 0. The lowest BCUT2D eigenvalue weighted by Gasteiger charge is -2.20. The maximum absolute atomic E-state index is 12.3. The summed E-state index contributed by atoms with van der Waals surface area (Å²) in [5, 5.41) is 3.00. The second kappa shape index (κ2) is 7.67. The molecule has 6 nitrogen and oxygen atoms in total. The van der Waals surface area contributed by atoms with Crippen molar-refractivity contribution < 1.29 is 14.3 Å². The molecular weight excluding hydrogens is 294 g/mol. The summed E-state index contributed by atoms with van der Waals surface area (Å²) in [5.74, 6) is 1.29. The minimum atomic E-state index is -0.315. The number of amides is 1. The van der Waals surface area contributed by atoms with Gasteiger partial charge in [0.2, 0.25) is 5.91 Å². The number of nitrogens with one attached hydrogen (secondary N) is 1. The summed E-state index contributed by atoms with van der Waals surface area (Å²) in [7, 11) is 1.60. The molecule has 6 heteroatoms. The van der Waals surface area contributed by atoms with Crippen LogP contribution >= 0.6 is 0 Å². The maximum atomic E-state index is 12.3. The van der Waals surface area contributed by atoms with E-state index in [-0.39, 0.29) is 18.0 Å². The standard InChI is InChI=1S/C17H23N3O3/c1-5-23-15-7-6-14(10-16(15)22-4)12(2)19-17(21)13(3)20-9-8-18-11-20/h6-13H,5H2,1-4H3,(H,19,21)/t12-,13-/m1/s1. The quantitative estimate of drug-likeness (QED) is 0.853. The number of carbonyl (C=O) groups excluding carboxylic acids is 1. The highest BCUT2D eigenvalue weighted by atomic mass is 16.5. The Balaban J connectivity index is 2.08. The highest BCUT2D eigenvalue weighted by Gasteiger charge is 2.18. The fraction of sp³-hybridized carbons (Fsp3) is 0.412. The first-order valence-corrected chi connectivity index (χ1v) is 7.65. The molecule has 1 amide bonds. The van der Waals surface area contributed by atoms with Crippen molar-refractivity contribution in [2.75, 3.05) is 13.7 Å². The second-order valence-electron chi connectivity index (χ2n) is 5.26. The number of ether oxygens (including phenoxy) is 2. The number of methoxy groups -OCH3 is 1. The van der Waals surface area contributed by atoms with Crippen LogP contribution in [-0.2, 0) is 4.79 Å². The number of hydrogen-bond acceptors (Lipinski definition) is 4. The molecule has 0 fully saturated rings. The molecule has 0 bridgehead atoms. The van der Waals surface area contributed by atoms with Crippen LogP contribution in [0.5, 0.6) is 11.5 Å². The number of nitrogens with zero attached hydrogens (tertiary/aromatic N) is 2. The first kappa shape index (κ1) is 16.9. The predicted octanol–water partition coefficient (Wildman–Crippen LogP) is 2.73. The largest absolute Gasteiger partial charge is 0.493 e. The van der Waals surface area contributed by atoms with E-state index in [4.69, 9.17) is 9.47 Å². The third-order valence-corrected chi connectivity index (χ3v) is 3.70. The van der Waals surface area contributed by atoms with E-state index in [0.717, 1.165) is 5.56 Å². The molecule has 0 aliphatic carbocycles. The van der Waals surface area contributed by atoms with Crippen LogP contribution in [0.25, 0.3) is 0 Å². The number of carbonyl (C=O) groups is 1. The molecule has 124 valence electrons. The molecule has 23 heavy (non-hydrogen) atoms. The molecule has 2 rings (SSSR count). The zero-order chi connectivity index (χ0) is 16.8. The molecule has 0 radical (unpaired) electrons. The van der Waals surface area contributed by atoms with Gasteiger partial charge in [0, 0.05) is 12.4 Å². The van der Waals surface area contributed by atoms with Gasteiger partial charge >= 0.3 is 0 Å². The van der Waals surface area contributed by atoms with E-state index in [9.17, 15) is 4.79 Å². The Labute approximate surface area is 136 Å². The number of rotatable bonds is 7. The Morgan fingerprint density at radius 2 is 2.13 bits per heavy atom.